The number of ether oxygens (including phenoxy) is 3. The number of hydrogen-bond donors (Lipinski definition) is 2. The summed E-state index contributed by atoms with van der Waals surface area (Å²) >= 11 is 0. The van der Waals surface area contributed by atoms with Crippen LogP contribution in [0.25, 0.3) is 0 Å². The summed E-state index contributed by atoms with van der Waals surface area (Å²) in [6, 6.07) is 0. The first-order valence-corrected chi connectivity index (χ1v) is 35.0. The van der Waals surface area contributed by atoms with Gasteiger partial charge < -0.3 is 24.2 Å². The van der Waals surface area contributed by atoms with Crippen molar-refractivity contribution in [1.29, 1.82) is 0 Å². The highest BCUT2D eigenvalue weighted by Crippen LogP contribution is 2.43. The Morgan fingerprint density at radius 1 is 0.350 bits per heavy atom. The lowest BCUT2D eigenvalue weighted by Gasteiger charge is -2.21. The number of phosphoric acid groups is 1. The molecule has 0 radical (unpaired) electrons. The van der Waals surface area contributed by atoms with E-state index in [0.717, 1.165) is 83.5 Å². The Labute approximate surface area is 492 Å². The second-order valence-electron chi connectivity index (χ2n) is 22.6. The lowest BCUT2D eigenvalue weighted by molar-refractivity contribution is -0.161. The molecule has 0 aliphatic carbocycles. The monoisotopic (exact) mass is 1150 g/mol. The minimum atomic E-state index is -4.76. The fraction of sp³-hybridized carbons (Fsp3) is 0.838. The number of aliphatic hydroxyl groups excluding tert-OH is 1. The molecule has 0 aliphatic rings. The largest absolute Gasteiger partial charge is 0.472 e. The van der Waals surface area contributed by atoms with Gasteiger partial charge in [-0.15, -0.1) is 0 Å². The standard InChI is InChI=1S/C68H125O11P/c1-4-7-10-13-16-19-22-25-28-31-32-35-38-41-44-47-50-53-56-59-68(72)79-65(61-75-66(70)57-54-51-48-45-42-39-36-33-29-26-23-20-17-14-11-8-5-2)63-77-80(73,74)76-62-64(60-69)78-67(71)58-55-52-49-46-43-40-37-34-30-27-24-21-18-15-12-9-6-3/h18,21,25-30,64-65,69H,4-17,19-20,22-24,31-63H2,1-3H3,(H,73,74)/b21-18-,28-25-,29-26-,30-27-. The van der Waals surface area contributed by atoms with Gasteiger partial charge in [-0.25, -0.2) is 4.57 Å². The van der Waals surface area contributed by atoms with Gasteiger partial charge in [0.1, 0.15) is 12.7 Å². The fourth-order valence-electron chi connectivity index (χ4n) is 9.55. The van der Waals surface area contributed by atoms with Crippen molar-refractivity contribution in [3.63, 3.8) is 0 Å². The van der Waals surface area contributed by atoms with E-state index in [2.05, 4.69) is 69.4 Å². The van der Waals surface area contributed by atoms with E-state index in [1.807, 2.05) is 0 Å². The number of carbonyl (C=O) groups is 3. The van der Waals surface area contributed by atoms with Gasteiger partial charge in [-0.3, -0.25) is 23.4 Å². The van der Waals surface area contributed by atoms with Gasteiger partial charge in [-0.2, -0.15) is 0 Å². The third-order valence-electron chi connectivity index (χ3n) is 14.7. The molecule has 0 saturated carbocycles. The molecule has 0 aromatic heterocycles. The maximum atomic E-state index is 13.0. The third-order valence-corrected chi connectivity index (χ3v) is 15.6. The molecule has 0 heterocycles. The van der Waals surface area contributed by atoms with E-state index in [0.29, 0.717) is 19.3 Å². The molecule has 0 spiro atoms. The Hall–Kier alpha value is -2.56. The number of phosphoric ester groups is 1. The predicted octanol–water partition coefficient (Wildman–Crippen LogP) is 20.5. The highest BCUT2D eigenvalue weighted by atomic mass is 31.2. The van der Waals surface area contributed by atoms with Gasteiger partial charge in [0.2, 0.25) is 0 Å². The minimum absolute atomic E-state index is 0.166. The molecular formula is C68H125O11P. The molecule has 0 fully saturated rings. The molecule has 3 unspecified atom stereocenters. The number of allylic oxidation sites excluding steroid dienone is 8. The number of rotatable bonds is 63. The molecule has 2 N–H and O–H groups in total. The van der Waals surface area contributed by atoms with E-state index in [-0.39, 0.29) is 25.9 Å². The molecule has 468 valence electrons. The molecule has 0 aliphatic heterocycles. The van der Waals surface area contributed by atoms with Crippen LogP contribution in [-0.4, -0.2) is 66.5 Å². The number of hydrogen-bond acceptors (Lipinski definition) is 10. The van der Waals surface area contributed by atoms with E-state index in [9.17, 15) is 28.9 Å². The summed E-state index contributed by atoms with van der Waals surface area (Å²) < 4.78 is 39.7. The quantitative estimate of drug-likeness (QED) is 0.0197. The molecule has 0 aromatic carbocycles. The van der Waals surface area contributed by atoms with Crippen molar-refractivity contribution in [2.24, 2.45) is 0 Å². The van der Waals surface area contributed by atoms with Gasteiger partial charge >= 0.3 is 25.7 Å². The van der Waals surface area contributed by atoms with Crippen LogP contribution in [0.4, 0.5) is 0 Å². The maximum absolute atomic E-state index is 13.0. The van der Waals surface area contributed by atoms with Crippen molar-refractivity contribution in [2.75, 3.05) is 26.4 Å². The summed E-state index contributed by atoms with van der Waals surface area (Å²) in [6.45, 7) is 4.66. The van der Waals surface area contributed by atoms with Crippen LogP contribution in [0.15, 0.2) is 48.6 Å². The zero-order valence-electron chi connectivity index (χ0n) is 52.1. The summed E-state index contributed by atoms with van der Waals surface area (Å²) in [4.78, 5) is 48.8. The Morgan fingerprint density at radius 3 is 0.963 bits per heavy atom. The predicted molar refractivity (Wildman–Crippen MR) is 335 cm³/mol. The molecule has 3 atom stereocenters. The van der Waals surface area contributed by atoms with E-state index in [4.69, 9.17) is 23.3 Å². The van der Waals surface area contributed by atoms with E-state index in [1.165, 1.54) is 186 Å². The van der Waals surface area contributed by atoms with Gasteiger partial charge in [-0.1, -0.05) is 256 Å². The van der Waals surface area contributed by atoms with E-state index in [1.54, 1.807) is 0 Å². The first kappa shape index (κ1) is 77.4. The van der Waals surface area contributed by atoms with Crippen molar-refractivity contribution in [2.45, 2.75) is 341 Å². The highest BCUT2D eigenvalue weighted by Gasteiger charge is 2.28. The van der Waals surface area contributed by atoms with Crippen molar-refractivity contribution in [3.8, 4) is 0 Å². The Morgan fingerprint density at radius 2 is 0.613 bits per heavy atom. The Kier molecular flexibility index (Phi) is 60.5. The van der Waals surface area contributed by atoms with Gasteiger partial charge in [0.15, 0.2) is 6.10 Å². The summed E-state index contributed by atoms with van der Waals surface area (Å²) in [7, 11) is -4.76. The average Bonchev–Trinajstić information content (AvgIpc) is 3.45. The van der Waals surface area contributed by atoms with Gasteiger partial charge in [0.25, 0.3) is 0 Å². The first-order valence-electron chi connectivity index (χ1n) is 33.5. The lowest BCUT2D eigenvalue weighted by atomic mass is 10.1. The van der Waals surface area contributed by atoms with E-state index < -0.39 is 57.8 Å². The summed E-state index contributed by atoms with van der Waals surface area (Å²) in [5, 5.41) is 9.86. The van der Waals surface area contributed by atoms with Crippen LogP contribution in [0, 0.1) is 0 Å². The van der Waals surface area contributed by atoms with E-state index >= 15 is 0 Å². The first-order chi connectivity index (χ1) is 39.2. The van der Waals surface area contributed by atoms with Gasteiger partial charge in [-0.05, 0) is 103 Å². The molecule has 0 amide bonds. The van der Waals surface area contributed by atoms with Crippen molar-refractivity contribution in [1.82, 2.24) is 0 Å². The van der Waals surface area contributed by atoms with Gasteiger partial charge in [0.05, 0.1) is 19.8 Å². The fourth-order valence-corrected chi connectivity index (χ4v) is 10.3. The summed E-state index contributed by atoms with van der Waals surface area (Å²) in [5.41, 5.74) is 0. The van der Waals surface area contributed by atoms with Crippen LogP contribution < -0.4 is 0 Å². The Balaban J connectivity index is 4.68. The second kappa shape index (κ2) is 62.5. The number of unbranched alkanes of at least 4 members (excludes halogenated alkanes) is 38. The Bertz CT molecular complexity index is 1530. The number of aliphatic hydroxyl groups is 1. The minimum Gasteiger partial charge on any atom is -0.462 e. The van der Waals surface area contributed by atoms with Crippen molar-refractivity contribution in [3.05, 3.63) is 48.6 Å². The molecule has 12 heteroatoms. The van der Waals surface area contributed by atoms with Crippen LogP contribution >= 0.6 is 7.82 Å². The van der Waals surface area contributed by atoms with Crippen LogP contribution in [0.1, 0.15) is 329 Å². The molecule has 80 heavy (non-hydrogen) atoms. The summed E-state index contributed by atoms with van der Waals surface area (Å²) in [6.07, 6.45) is 69.1. The summed E-state index contributed by atoms with van der Waals surface area (Å²) in [5.74, 6) is -1.46. The third kappa shape index (κ3) is 60.0. The van der Waals surface area contributed by atoms with Crippen LogP contribution in [-0.2, 0) is 42.2 Å². The number of esters is 3. The zero-order chi connectivity index (χ0) is 58.3. The van der Waals surface area contributed by atoms with Gasteiger partial charge in [0, 0.05) is 19.3 Å². The molecule has 0 saturated heterocycles. The normalized spacial score (nSPS) is 13.5. The topological polar surface area (TPSA) is 155 Å². The van der Waals surface area contributed by atoms with Crippen molar-refractivity contribution < 1.29 is 52.2 Å². The molecule has 11 nitrogen and oxygen atoms in total. The van der Waals surface area contributed by atoms with Crippen LogP contribution in [0.3, 0.4) is 0 Å². The molecule has 0 aromatic rings. The molecule has 0 bridgehead atoms. The lowest BCUT2D eigenvalue weighted by Crippen LogP contribution is -2.30. The number of carbonyl (C=O) groups excluding carboxylic acids is 3. The second-order valence-corrected chi connectivity index (χ2v) is 24.1. The average molecular weight is 1150 g/mol. The SMILES string of the molecule is CCCCC/C=C\C/C=C\CCCCCCCCCC(=O)OC(CO)COP(=O)(O)OCC(COC(=O)CCCCCCCCC/C=C\CCCCCCCC)OC(=O)CCCCCCCCCCC/C=C\CCCCCCCC. The van der Waals surface area contributed by atoms with Crippen LogP contribution in [0.5, 0.6) is 0 Å². The van der Waals surface area contributed by atoms with Crippen LogP contribution in [0.2, 0.25) is 0 Å². The zero-order valence-corrected chi connectivity index (χ0v) is 53.0. The molecule has 0 rings (SSSR count). The maximum Gasteiger partial charge on any atom is 0.472 e. The van der Waals surface area contributed by atoms with Crippen molar-refractivity contribution >= 4 is 25.7 Å². The molecular weight excluding hydrogens is 1020 g/mol. The smallest absolute Gasteiger partial charge is 0.462 e. The highest BCUT2D eigenvalue weighted by molar-refractivity contribution is 7.47.